The minimum Gasteiger partial charge on any atom is -0.444 e. The first-order valence-corrected chi connectivity index (χ1v) is 8.25. The number of carbonyl (C=O) groups is 2. The maximum Gasteiger partial charge on any atom is 0.410 e. The van der Waals surface area contributed by atoms with E-state index in [1.165, 1.54) is 0 Å². The molecule has 2 saturated heterocycles. The minimum atomic E-state index is -0.473. The molecule has 1 unspecified atom stereocenters. The first-order valence-electron chi connectivity index (χ1n) is 7.13. The first-order chi connectivity index (χ1) is 9.30. The fourth-order valence-electron chi connectivity index (χ4n) is 2.75. The average Bonchev–Trinajstić information content (AvgIpc) is 2.92. The van der Waals surface area contributed by atoms with Gasteiger partial charge in [0, 0.05) is 31.4 Å². The van der Waals surface area contributed by atoms with Crippen molar-refractivity contribution in [2.45, 2.75) is 45.3 Å². The molecule has 0 radical (unpaired) electrons. The van der Waals surface area contributed by atoms with Crippen LogP contribution in [0.1, 0.15) is 33.6 Å². The van der Waals surface area contributed by atoms with Gasteiger partial charge in [0.2, 0.25) is 5.91 Å². The van der Waals surface area contributed by atoms with Crippen LogP contribution in [-0.2, 0) is 9.53 Å². The molecule has 0 saturated carbocycles. The summed E-state index contributed by atoms with van der Waals surface area (Å²) in [6, 6.07) is 0.152. The van der Waals surface area contributed by atoms with Gasteiger partial charge in [0.15, 0.2) is 0 Å². The van der Waals surface area contributed by atoms with Crippen molar-refractivity contribution in [3.63, 3.8) is 0 Å². The number of carbonyl (C=O) groups excluding carboxylic acids is 2. The second-order valence-electron chi connectivity index (χ2n) is 6.64. The molecule has 0 aromatic carbocycles. The predicted octanol–water partition coefficient (Wildman–Crippen LogP) is 2.24. The smallest absolute Gasteiger partial charge is 0.410 e. The molecule has 0 aromatic rings. The summed E-state index contributed by atoms with van der Waals surface area (Å²) in [4.78, 5) is 27.7. The van der Waals surface area contributed by atoms with Gasteiger partial charge >= 0.3 is 6.09 Å². The molecular weight excluding hydrogens is 324 g/mol. The SMILES string of the molecule is CC(C)(C)OC(=O)N1CC[C@@H](N2CC(CBr)CC2=O)C1. The molecule has 2 aliphatic heterocycles. The molecule has 2 rings (SSSR count). The van der Waals surface area contributed by atoms with Crippen molar-refractivity contribution in [2.75, 3.05) is 25.0 Å². The van der Waals surface area contributed by atoms with E-state index in [2.05, 4.69) is 15.9 Å². The fraction of sp³-hybridized carbons (Fsp3) is 0.857. The summed E-state index contributed by atoms with van der Waals surface area (Å²) >= 11 is 3.44. The maximum atomic E-state index is 12.0. The Balaban J connectivity index is 1.89. The fourth-order valence-corrected chi connectivity index (χ4v) is 3.19. The van der Waals surface area contributed by atoms with E-state index in [1.54, 1.807) is 4.90 Å². The molecule has 2 atom stereocenters. The average molecular weight is 347 g/mol. The zero-order chi connectivity index (χ0) is 14.9. The molecule has 0 aromatic heterocycles. The summed E-state index contributed by atoms with van der Waals surface area (Å²) < 4.78 is 5.38. The van der Waals surface area contributed by atoms with Gasteiger partial charge in [0.1, 0.15) is 5.60 Å². The third kappa shape index (κ3) is 3.65. The Morgan fingerprint density at radius 2 is 2.10 bits per heavy atom. The van der Waals surface area contributed by atoms with Gasteiger partial charge in [0.05, 0.1) is 6.04 Å². The third-order valence-corrected chi connectivity index (χ3v) is 4.63. The van der Waals surface area contributed by atoms with Gasteiger partial charge in [-0.3, -0.25) is 4.79 Å². The Morgan fingerprint density at radius 3 is 2.65 bits per heavy atom. The predicted molar refractivity (Wildman–Crippen MR) is 79.8 cm³/mol. The van der Waals surface area contributed by atoms with Crippen LogP contribution in [0.25, 0.3) is 0 Å². The molecule has 2 fully saturated rings. The summed E-state index contributed by atoms with van der Waals surface area (Å²) in [6.07, 6.45) is 1.19. The molecule has 2 heterocycles. The lowest BCUT2D eigenvalue weighted by atomic mass is 10.1. The topological polar surface area (TPSA) is 49.9 Å². The number of ether oxygens (including phenoxy) is 1. The second kappa shape index (κ2) is 5.92. The van der Waals surface area contributed by atoms with Crippen molar-refractivity contribution >= 4 is 27.9 Å². The highest BCUT2D eigenvalue weighted by Crippen LogP contribution is 2.26. The number of hydrogen-bond donors (Lipinski definition) is 0. The van der Waals surface area contributed by atoms with E-state index < -0.39 is 5.60 Å². The molecule has 114 valence electrons. The van der Waals surface area contributed by atoms with Crippen molar-refractivity contribution < 1.29 is 14.3 Å². The monoisotopic (exact) mass is 346 g/mol. The van der Waals surface area contributed by atoms with Crippen molar-refractivity contribution in [3.05, 3.63) is 0 Å². The Hall–Kier alpha value is -0.780. The highest BCUT2D eigenvalue weighted by atomic mass is 79.9. The highest BCUT2D eigenvalue weighted by molar-refractivity contribution is 9.09. The number of halogens is 1. The number of nitrogens with zero attached hydrogens (tertiary/aromatic N) is 2. The molecule has 20 heavy (non-hydrogen) atoms. The van der Waals surface area contributed by atoms with Crippen LogP contribution in [0.15, 0.2) is 0 Å². The lowest BCUT2D eigenvalue weighted by molar-refractivity contribution is -0.129. The van der Waals surface area contributed by atoms with Gasteiger partial charge in [-0.2, -0.15) is 0 Å². The van der Waals surface area contributed by atoms with E-state index in [1.807, 2.05) is 25.7 Å². The van der Waals surface area contributed by atoms with Crippen LogP contribution in [0.4, 0.5) is 4.79 Å². The van der Waals surface area contributed by atoms with Crippen LogP contribution >= 0.6 is 15.9 Å². The summed E-state index contributed by atoms with van der Waals surface area (Å²) in [5.41, 5.74) is -0.473. The molecule has 2 amide bonds. The Morgan fingerprint density at radius 1 is 1.40 bits per heavy atom. The van der Waals surface area contributed by atoms with Crippen LogP contribution in [0.5, 0.6) is 0 Å². The first kappa shape index (κ1) is 15.6. The van der Waals surface area contributed by atoms with Crippen molar-refractivity contribution in [1.29, 1.82) is 0 Å². The Bertz CT molecular complexity index is 394. The number of rotatable bonds is 2. The van der Waals surface area contributed by atoms with E-state index in [0.717, 1.165) is 18.3 Å². The van der Waals surface area contributed by atoms with Gasteiger partial charge in [-0.15, -0.1) is 0 Å². The van der Waals surface area contributed by atoms with E-state index in [-0.39, 0.29) is 18.0 Å². The molecular formula is C14H23BrN2O3. The van der Waals surface area contributed by atoms with E-state index in [4.69, 9.17) is 4.74 Å². The molecule has 0 aliphatic carbocycles. The van der Waals surface area contributed by atoms with Crippen LogP contribution in [0, 0.1) is 5.92 Å². The van der Waals surface area contributed by atoms with Gasteiger partial charge in [-0.05, 0) is 33.1 Å². The van der Waals surface area contributed by atoms with Crippen LogP contribution < -0.4 is 0 Å². The van der Waals surface area contributed by atoms with Gasteiger partial charge < -0.3 is 14.5 Å². The van der Waals surface area contributed by atoms with Crippen LogP contribution in [-0.4, -0.2) is 58.4 Å². The van der Waals surface area contributed by atoms with E-state index >= 15 is 0 Å². The lowest BCUT2D eigenvalue weighted by Crippen LogP contribution is -2.41. The number of alkyl halides is 1. The minimum absolute atomic E-state index is 0.152. The van der Waals surface area contributed by atoms with Crippen molar-refractivity contribution in [2.24, 2.45) is 5.92 Å². The molecule has 2 aliphatic rings. The summed E-state index contributed by atoms with van der Waals surface area (Å²) in [6.45, 7) is 7.66. The van der Waals surface area contributed by atoms with Gasteiger partial charge in [-0.1, -0.05) is 15.9 Å². The summed E-state index contributed by atoms with van der Waals surface area (Å²) in [7, 11) is 0. The number of likely N-dealkylation sites (tertiary alicyclic amines) is 2. The van der Waals surface area contributed by atoms with Crippen molar-refractivity contribution in [1.82, 2.24) is 9.80 Å². The van der Waals surface area contributed by atoms with E-state index in [0.29, 0.717) is 25.4 Å². The molecule has 0 bridgehead atoms. The van der Waals surface area contributed by atoms with E-state index in [9.17, 15) is 9.59 Å². The Kier molecular flexibility index (Phi) is 4.62. The van der Waals surface area contributed by atoms with Gasteiger partial charge in [-0.25, -0.2) is 4.79 Å². The standard InChI is InChI=1S/C14H23BrN2O3/c1-14(2,3)20-13(19)16-5-4-11(9-16)17-8-10(7-15)6-12(17)18/h10-11H,4-9H2,1-3H3/t10?,11-/m1/s1. The highest BCUT2D eigenvalue weighted by Gasteiger charge is 2.39. The molecule has 5 nitrogen and oxygen atoms in total. The maximum absolute atomic E-state index is 12.0. The zero-order valence-corrected chi connectivity index (χ0v) is 14.0. The summed E-state index contributed by atoms with van der Waals surface area (Å²) in [5, 5.41) is 0.859. The molecule has 0 spiro atoms. The number of hydrogen-bond acceptors (Lipinski definition) is 3. The Labute approximate surface area is 128 Å². The second-order valence-corrected chi connectivity index (χ2v) is 7.29. The normalized spacial score (nSPS) is 27.3. The van der Waals surface area contributed by atoms with Crippen LogP contribution in [0.3, 0.4) is 0 Å². The summed E-state index contributed by atoms with van der Waals surface area (Å²) in [5.74, 6) is 0.614. The zero-order valence-electron chi connectivity index (χ0n) is 12.4. The van der Waals surface area contributed by atoms with Gasteiger partial charge in [0.25, 0.3) is 0 Å². The lowest BCUT2D eigenvalue weighted by Gasteiger charge is -2.26. The van der Waals surface area contributed by atoms with Crippen molar-refractivity contribution in [3.8, 4) is 0 Å². The molecule has 0 N–H and O–H groups in total. The largest absolute Gasteiger partial charge is 0.444 e. The van der Waals surface area contributed by atoms with Crippen LogP contribution in [0.2, 0.25) is 0 Å². The third-order valence-electron chi connectivity index (χ3n) is 3.71. The quantitative estimate of drug-likeness (QED) is 0.720. The molecule has 6 heteroatoms. The number of amides is 2.